The van der Waals surface area contributed by atoms with Crippen LogP contribution in [0.4, 0.5) is 0 Å². The van der Waals surface area contributed by atoms with Crippen molar-refractivity contribution in [3.8, 4) is 0 Å². The SMILES string of the molecule is CN=C(N)NOS(=O)(=O)[O-]. The van der Waals surface area contributed by atoms with Crippen LogP contribution in [0, 0.1) is 0 Å². The van der Waals surface area contributed by atoms with Crippen molar-refractivity contribution in [2.24, 2.45) is 10.7 Å². The van der Waals surface area contributed by atoms with Crippen molar-refractivity contribution >= 4 is 16.4 Å². The lowest BCUT2D eigenvalue weighted by Crippen LogP contribution is -2.33. The average molecular weight is 168 g/mol. The first-order valence-corrected chi connectivity index (χ1v) is 3.41. The predicted molar refractivity (Wildman–Crippen MR) is 31.5 cm³/mol. The van der Waals surface area contributed by atoms with E-state index >= 15 is 0 Å². The third kappa shape index (κ3) is 5.28. The van der Waals surface area contributed by atoms with Gasteiger partial charge in [0.05, 0.1) is 0 Å². The van der Waals surface area contributed by atoms with Crippen LogP contribution >= 0.6 is 0 Å². The monoisotopic (exact) mass is 168 g/mol. The van der Waals surface area contributed by atoms with Crippen molar-refractivity contribution in [3.05, 3.63) is 0 Å². The lowest BCUT2D eigenvalue weighted by molar-refractivity contribution is 0.220. The van der Waals surface area contributed by atoms with E-state index in [2.05, 4.69) is 9.28 Å². The van der Waals surface area contributed by atoms with E-state index in [1.807, 2.05) is 0 Å². The molecule has 0 rings (SSSR count). The first kappa shape index (κ1) is 9.14. The van der Waals surface area contributed by atoms with Gasteiger partial charge in [-0.2, -0.15) is 4.28 Å². The van der Waals surface area contributed by atoms with Gasteiger partial charge in [-0.25, -0.2) is 13.9 Å². The lowest BCUT2D eigenvalue weighted by Gasteiger charge is -2.06. The Bertz CT molecular complexity index is 219. The number of hydrogen-bond donors (Lipinski definition) is 2. The second-order valence-corrected chi connectivity index (χ2v) is 2.19. The Hall–Kier alpha value is -0.860. The number of aliphatic imine (C=N–C) groups is 1. The van der Waals surface area contributed by atoms with Gasteiger partial charge < -0.3 is 10.3 Å². The van der Waals surface area contributed by atoms with Crippen molar-refractivity contribution in [1.82, 2.24) is 5.48 Å². The maximum absolute atomic E-state index is 9.70. The van der Waals surface area contributed by atoms with E-state index in [1.54, 1.807) is 5.48 Å². The van der Waals surface area contributed by atoms with Gasteiger partial charge in [-0.05, 0) is 0 Å². The molecule has 8 heteroatoms. The molecule has 0 aliphatic heterocycles. The number of hydrogen-bond acceptors (Lipinski definition) is 5. The lowest BCUT2D eigenvalue weighted by atomic mass is 11.0. The van der Waals surface area contributed by atoms with Crippen LogP contribution in [-0.4, -0.2) is 26.0 Å². The number of nitrogens with zero attached hydrogens (tertiary/aromatic N) is 1. The minimum absolute atomic E-state index is 0.292. The third-order valence-electron chi connectivity index (χ3n) is 0.489. The van der Waals surface area contributed by atoms with Gasteiger partial charge in [0, 0.05) is 7.05 Å². The summed E-state index contributed by atoms with van der Waals surface area (Å²) in [7, 11) is -3.46. The molecule has 0 aromatic carbocycles. The van der Waals surface area contributed by atoms with E-state index in [9.17, 15) is 13.0 Å². The molecule has 0 unspecified atom stereocenters. The summed E-state index contributed by atoms with van der Waals surface area (Å²) in [6.45, 7) is 0. The van der Waals surface area contributed by atoms with Crippen molar-refractivity contribution in [2.75, 3.05) is 7.05 Å². The summed E-state index contributed by atoms with van der Waals surface area (Å²) in [5, 5.41) is 0. The molecular weight excluding hydrogens is 162 g/mol. The summed E-state index contributed by atoms with van der Waals surface area (Å²) in [6.07, 6.45) is 0. The van der Waals surface area contributed by atoms with Crippen LogP contribution in [0.2, 0.25) is 0 Å². The van der Waals surface area contributed by atoms with Crippen LogP contribution in [-0.2, 0) is 14.7 Å². The highest BCUT2D eigenvalue weighted by Gasteiger charge is 1.93. The highest BCUT2D eigenvalue weighted by molar-refractivity contribution is 7.80. The van der Waals surface area contributed by atoms with E-state index < -0.39 is 10.4 Å². The maximum Gasteiger partial charge on any atom is 0.238 e. The van der Waals surface area contributed by atoms with Gasteiger partial charge in [0.25, 0.3) is 0 Å². The fourth-order valence-electron chi connectivity index (χ4n) is 0.139. The van der Waals surface area contributed by atoms with Gasteiger partial charge in [-0.3, -0.25) is 4.99 Å². The fourth-order valence-corrected chi connectivity index (χ4v) is 0.327. The second-order valence-electron chi connectivity index (χ2n) is 1.20. The zero-order valence-corrected chi connectivity index (χ0v) is 5.88. The first-order chi connectivity index (χ1) is 4.45. The van der Waals surface area contributed by atoms with Crippen LogP contribution in [0.15, 0.2) is 4.99 Å². The van der Waals surface area contributed by atoms with E-state index in [0.717, 1.165) is 0 Å². The highest BCUT2D eigenvalue weighted by Crippen LogP contribution is 1.77. The van der Waals surface area contributed by atoms with Gasteiger partial charge in [-0.1, -0.05) is 0 Å². The molecule has 0 aromatic rings. The van der Waals surface area contributed by atoms with E-state index in [1.165, 1.54) is 7.05 Å². The molecule has 0 aromatic heterocycles. The standard InChI is InChI=1S/C2H7N3O4S/c1-4-2(3)5-9-10(6,7)8/h1H3,(H3,3,4,5)(H,6,7,8)/p-1. The van der Waals surface area contributed by atoms with Crippen LogP contribution < -0.4 is 11.2 Å². The Balaban J connectivity index is 3.79. The average Bonchev–Trinajstić information content (AvgIpc) is 1.81. The molecule has 3 N–H and O–H groups in total. The van der Waals surface area contributed by atoms with Crippen LogP contribution in [0.1, 0.15) is 0 Å². The molecule has 7 nitrogen and oxygen atoms in total. The first-order valence-electron chi connectivity index (χ1n) is 2.08. The highest BCUT2D eigenvalue weighted by atomic mass is 32.3. The summed E-state index contributed by atoms with van der Waals surface area (Å²) in [5.74, 6) is -0.292. The number of hydroxylamine groups is 1. The third-order valence-corrected chi connectivity index (χ3v) is 0.777. The van der Waals surface area contributed by atoms with Crippen LogP contribution in [0.25, 0.3) is 0 Å². The van der Waals surface area contributed by atoms with Gasteiger partial charge >= 0.3 is 0 Å². The smallest absolute Gasteiger partial charge is 0.238 e. The van der Waals surface area contributed by atoms with Crippen molar-refractivity contribution in [1.29, 1.82) is 0 Å². The number of guanidine groups is 1. The summed E-state index contributed by atoms with van der Waals surface area (Å²) in [5.41, 5.74) is 6.49. The number of nitrogens with one attached hydrogen (secondary N) is 1. The molecule has 0 aliphatic carbocycles. The molecule has 0 atom stereocenters. The zero-order chi connectivity index (χ0) is 8.20. The molecule has 0 saturated carbocycles. The number of nitrogens with two attached hydrogens (primary N) is 1. The normalized spacial score (nSPS) is 13.2. The maximum atomic E-state index is 9.70. The minimum Gasteiger partial charge on any atom is -0.724 e. The molecule has 0 heterocycles. The molecule has 0 aliphatic rings. The van der Waals surface area contributed by atoms with Gasteiger partial charge in [0.15, 0.2) is 0 Å². The fraction of sp³-hybridized carbons (Fsp3) is 0.500. The van der Waals surface area contributed by atoms with Crippen molar-refractivity contribution in [2.45, 2.75) is 0 Å². The predicted octanol–water partition coefficient (Wildman–Crippen LogP) is -2.09. The molecule has 0 bridgehead atoms. The van der Waals surface area contributed by atoms with E-state index in [-0.39, 0.29) is 5.96 Å². The van der Waals surface area contributed by atoms with Gasteiger partial charge in [0.2, 0.25) is 16.4 Å². The van der Waals surface area contributed by atoms with Crippen LogP contribution in [0.5, 0.6) is 0 Å². The molecule has 0 fully saturated rings. The molecule has 60 valence electrons. The summed E-state index contributed by atoms with van der Waals surface area (Å²) >= 11 is 0. The Kier molecular flexibility index (Phi) is 3.06. The Morgan fingerprint density at radius 2 is 2.30 bits per heavy atom. The van der Waals surface area contributed by atoms with E-state index in [0.29, 0.717) is 0 Å². The van der Waals surface area contributed by atoms with E-state index in [4.69, 9.17) is 5.73 Å². The van der Waals surface area contributed by atoms with Crippen molar-refractivity contribution < 1.29 is 17.3 Å². The van der Waals surface area contributed by atoms with Gasteiger partial charge in [0.1, 0.15) is 0 Å². The molecule has 0 spiro atoms. The molecule has 0 amide bonds. The molecule has 10 heavy (non-hydrogen) atoms. The summed E-state index contributed by atoms with van der Waals surface area (Å²) < 4.78 is 32.6. The Labute approximate surface area is 57.8 Å². The van der Waals surface area contributed by atoms with Crippen LogP contribution in [0.3, 0.4) is 0 Å². The second kappa shape index (κ2) is 3.34. The van der Waals surface area contributed by atoms with Gasteiger partial charge in [-0.15, -0.1) is 0 Å². The largest absolute Gasteiger partial charge is 0.724 e. The number of rotatable bonds is 2. The Morgan fingerprint density at radius 1 is 1.80 bits per heavy atom. The summed E-state index contributed by atoms with van der Waals surface area (Å²) in [4.78, 5) is 3.25. The van der Waals surface area contributed by atoms with Crippen molar-refractivity contribution in [3.63, 3.8) is 0 Å². The Morgan fingerprint density at radius 3 is 2.60 bits per heavy atom. The zero-order valence-electron chi connectivity index (χ0n) is 5.07. The summed E-state index contributed by atoms with van der Waals surface area (Å²) in [6, 6.07) is 0. The molecular formula is C2H6N3O4S-. The minimum atomic E-state index is -4.75. The quantitative estimate of drug-likeness (QED) is 0.160. The molecule has 0 radical (unpaired) electrons. The molecule has 0 saturated heterocycles. The topological polar surface area (TPSA) is 117 Å².